The molecule has 0 fully saturated rings. The molecule has 0 saturated carbocycles. The second-order valence-electron chi connectivity index (χ2n) is 8.77. The number of nitrogens with zero attached hydrogens (tertiary/aromatic N) is 4. The SMILES string of the molecule is C=CC(=O)NC(c1ccc(OC)c(Nc2nccc(Nc3cc(Cl)ccc3C(=O)C(=O)N(C)C)n2)c1)N(C)C. The number of nitrogens with one attached hydrogen (secondary N) is 3. The Hall–Kier alpha value is -4.48. The van der Waals surface area contributed by atoms with E-state index in [4.69, 9.17) is 16.3 Å². The fourth-order valence-corrected chi connectivity index (χ4v) is 3.75. The molecule has 3 N–H and O–H groups in total. The van der Waals surface area contributed by atoms with E-state index in [1.807, 2.05) is 31.1 Å². The molecule has 0 saturated heterocycles. The van der Waals surface area contributed by atoms with Crippen molar-refractivity contribution in [3.8, 4) is 5.75 Å². The molecular formula is C27H30ClN7O4. The predicted molar refractivity (Wildman–Crippen MR) is 151 cm³/mol. The quantitative estimate of drug-likeness (QED) is 0.141. The summed E-state index contributed by atoms with van der Waals surface area (Å²) >= 11 is 6.16. The molecule has 2 aromatic carbocycles. The second-order valence-corrected chi connectivity index (χ2v) is 9.21. The molecule has 0 bridgehead atoms. The van der Waals surface area contributed by atoms with Gasteiger partial charge in [0.1, 0.15) is 17.7 Å². The highest BCUT2D eigenvalue weighted by Gasteiger charge is 2.22. The number of aromatic nitrogens is 2. The van der Waals surface area contributed by atoms with E-state index in [1.54, 1.807) is 18.2 Å². The molecule has 11 nitrogen and oxygen atoms in total. The van der Waals surface area contributed by atoms with Crippen molar-refractivity contribution in [2.45, 2.75) is 6.17 Å². The van der Waals surface area contributed by atoms with E-state index in [0.717, 1.165) is 5.56 Å². The van der Waals surface area contributed by atoms with Crippen LogP contribution in [0.4, 0.5) is 23.1 Å². The zero-order valence-electron chi connectivity index (χ0n) is 22.3. The first-order valence-corrected chi connectivity index (χ1v) is 12.1. The number of carbonyl (C=O) groups is 3. The van der Waals surface area contributed by atoms with Crippen LogP contribution < -0.4 is 20.7 Å². The number of carbonyl (C=O) groups excluding carboxylic acids is 3. The molecule has 0 spiro atoms. The smallest absolute Gasteiger partial charge is 0.294 e. The fourth-order valence-electron chi connectivity index (χ4n) is 3.58. The summed E-state index contributed by atoms with van der Waals surface area (Å²) in [7, 11) is 8.22. The Balaban J connectivity index is 1.92. The van der Waals surface area contributed by atoms with E-state index in [9.17, 15) is 14.4 Å². The Morgan fingerprint density at radius 3 is 2.41 bits per heavy atom. The third-order valence-electron chi connectivity index (χ3n) is 5.51. The highest BCUT2D eigenvalue weighted by atomic mass is 35.5. The van der Waals surface area contributed by atoms with E-state index in [1.165, 1.54) is 50.5 Å². The first kappa shape index (κ1) is 29.1. The average Bonchev–Trinajstić information content (AvgIpc) is 2.90. The van der Waals surface area contributed by atoms with Gasteiger partial charge < -0.3 is 25.6 Å². The lowest BCUT2D eigenvalue weighted by molar-refractivity contribution is -0.124. The van der Waals surface area contributed by atoms with E-state index in [0.29, 0.717) is 28.0 Å². The maximum absolute atomic E-state index is 12.7. The molecule has 2 amide bonds. The largest absolute Gasteiger partial charge is 0.495 e. The van der Waals surface area contributed by atoms with E-state index >= 15 is 0 Å². The first-order valence-electron chi connectivity index (χ1n) is 11.7. The van der Waals surface area contributed by atoms with Crippen molar-refractivity contribution in [3.63, 3.8) is 0 Å². The van der Waals surface area contributed by atoms with Crippen LogP contribution in [-0.4, -0.2) is 72.7 Å². The minimum atomic E-state index is -0.688. The summed E-state index contributed by atoms with van der Waals surface area (Å²) in [5, 5.41) is 9.44. The highest BCUT2D eigenvalue weighted by molar-refractivity contribution is 6.44. The highest BCUT2D eigenvalue weighted by Crippen LogP contribution is 2.31. The van der Waals surface area contributed by atoms with Gasteiger partial charge in [0.25, 0.3) is 11.7 Å². The predicted octanol–water partition coefficient (Wildman–Crippen LogP) is 3.76. The van der Waals surface area contributed by atoms with Crippen LogP contribution in [-0.2, 0) is 9.59 Å². The zero-order valence-corrected chi connectivity index (χ0v) is 23.0. The van der Waals surface area contributed by atoms with Crippen molar-refractivity contribution >= 4 is 52.3 Å². The van der Waals surface area contributed by atoms with Crippen LogP contribution >= 0.6 is 11.6 Å². The van der Waals surface area contributed by atoms with Crippen molar-refractivity contribution in [3.05, 3.63) is 77.5 Å². The van der Waals surface area contributed by atoms with Gasteiger partial charge >= 0.3 is 0 Å². The van der Waals surface area contributed by atoms with Crippen molar-refractivity contribution in [1.82, 2.24) is 25.1 Å². The lowest BCUT2D eigenvalue weighted by atomic mass is 10.1. The Morgan fingerprint density at radius 2 is 1.77 bits per heavy atom. The van der Waals surface area contributed by atoms with Crippen LogP contribution in [0.1, 0.15) is 22.1 Å². The van der Waals surface area contributed by atoms with Crippen LogP contribution in [0.2, 0.25) is 5.02 Å². The molecule has 12 heteroatoms. The standard InChI is InChI=1S/C27H30ClN7O4/c1-7-23(36)33-25(34(2)3)16-8-11-21(39-6)20(14-16)31-27-29-13-12-22(32-27)30-19-15-17(28)9-10-18(19)24(37)26(38)35(4)5/h7-15,25H,1H2,2-6H3,(H,33,36)(H2,29,30,31,32). The molecule has 1 aromatic heterocycles. The Morgan fingerprint density at radius 1 is 1.03 bits per heavy atom. The number of ketones is 1. The van der Waals surface area contributed by atoms with Crippen LogP contribution in [0.25, 0.3) is 0 Å². The van der Waals surface area contributed by atoms with Gasteiger partial charge in [0.05, 0.1) is 24.0 Å². The maximum atomic E-state index is 12.7. The number of hydrogen-bond acceptors (Lipinski definition) is 9. The topological polar surface area (TPSA) is 129 Å². The second kappa shape index (κ2) is 12.9. The van der Waals surface area contributed by atoms with Gasteiger partial charge in [-0.25, -0.2) is 4.98 Å². The van der Waals surface area contributed by atoms with Gasteiger partial charge in [-0.1, -0.05) is 24.2 Å². The summed E-state index contributed by atoms with van der Waals surface area (Å²) in [5.41, 5.74) is 1.80. The molecule has 0 radical (unpaired) electrons. The molecule has 204 valence electrons. The van der Waals surface area contributed by atoms with Gasteiger partial charge in [0.2, 0.25) is 11.9 Å². The van der Waals surface area contributed by atoms with E-state index < -0.39 is 17.9 Å². The van der Waals surface area contributed by atoms with Crippen molar-refractivity contribution in [2.75, 3.05) is 45.9 Å². The molecular weight excluding hydrogens is 522 g/mol. The summed E-state index contributed by atoms with van der Waals surface area (Å²) in [5.74, 6) is -0.567. The molecule has 3 aromatic rings. The molecule has 0 aliphatic carbocycles. The molecule has 0 aliphatic heterocycles. The number of halogens is 1. The van der Waals surface area contributed by atoms with Crippen molar-refractivity contribution in [2.24, 2.45) is 0 Å². The van der Waals surface area contributed by atoms with Gasteiger partial charge in [-0.2, -0.15) is 4.98 Å². The van der Waals surface area contributed by atoms with Crippen LogP contribution in [0.15, 0.2) is 61.3 Å². The minimum Gasteiger partial charge on any atom is -0.495 e. The van der Waals surface area contributed by atoms with Gasteiger partial charge in [-0.15, -0.1) is 0 Å². The van der Waals surface area contributed by atoms with Crippen molar-refractivity contribution < 1.29 is 19.1 Å². The van der Waals surface area contributed by atoms with E-state index in [2.05, 4.69) is 32.5 Å². The number of ether oxygens (including phenoxy) is 1. The zero-order chi connectivity index (χ0) is 28.7. The fraction of sp³-hybridized carbons (Fsp3) is 0.222. The number of methoxy groups -OCH3 is 1. The summed E-state index contributed by atoms with van der Waals surface area (Å²) < 4.78 is 5.50. The maximum Gasteiger partial charge on any atom is 0.294 e. The first-order chi connectivity index (χ1) is 18.5. The minimum absolute atomic E-state index is 0.150. The number of hydrogen-bond donors (Lipinski definition) is 3. The monoisotopic (exact) mass is 551 g/mol. The van der Waals surface area contributed by atoms with Gasteiger partial charge in [0, 0.05) is 25.3 Å². The van der Waals surface area contributed by atoms with Gasteiger partial charge in [-0.3, -0.25) is 19.3 Å². The Labute approximate surface area is 231 Å². The Bertz CT molecular complexity index is 1390. The van der Waals surface area contributed by atoms with E-state index in [-0.39, 0.29) is 17.4 Å². The number of rotatable bonds is 11. The van der Waals surface area contributed by atoms with Crippen LogP contribution in [0.3, 0.4) is 0 Å². The summed E-state index contributed by atoms with van der Waals surface area (Å²) in [6.07, 6.45) is 2.30. The summed E-state index contributed by atoms with van der Waals surface area (Å²) in [6, 6.07) is 11.6. The number of benzene rings is 2. The lowest BCUT2D eigenvalue weighted by Crippen LogP contribution is -2.36. The summed E-state index contributed by atoms with van der Waals surface area (Å²) in [4.78, 5) is 48.8. The third kappa shape index (κ3) is 7.30. The summed E-state index contributed by atoms with van der Waals surface area (Å²) in [6.45, 7) is 3.51. The number of amides is 2. The molecule has 0 aliphatic rings. The number of likely N-dealkylation sites (N-methyl/N-ethyl adjacent to an activating group) is 1. The lowest BCUT2D eigenvalue weighted by Gasteiger charge is -2.26. The molecule has 1 atom stereocenters. The van der Waals surface area contributed by atoms with Crippen LogP contribution in [0.5, 0.6) is 5.75 Å². The molecule has 1 heterocycles. The Kier molecular flexibility index (Phi) is 9.58. The van der Waals surface area contributed by atoms with Crippen LogP contribution in [0, 0.1) is 0 Å². The van der Waals surface area contributed by atoms with Crippen molar-refractivity contribution in [1.29, 1.82) is 0 Å². The van der Waals surface area contributed by atoms with Gasteiger partial charge in [0.15, 0.2) is 0 Å². The number of anilines is 4. The van der Waals surface area contributed by atoms with Gasteiger partial charge in [-0.05, 0) is 62.1 Å². The average molecular weight is 552 g/mol. The number of Topliss-reactive ketones (excluding diaryl/α,β-unsaturated/α-hetero) is 1. The molecule has 3 rings (SSSR count). The molecule has 39 heavy (non-hydrogen) atoms. The normalized spacial score (nSPS) is 11.4. The third-order valence-corrected chi connectivity index (χ3v) is 5.75. The molecule has 1 unspecified atom stereocenters.